The van der Waals surface area contributed by atoms with Crippen molar-refractivity contribution in [2.24, 2.45) is 23.2 Å². The van der Waals surface area contributed by atoms with Crippen molar-refractivity contribution < 1.29 is 33.8 Å². The van der Waals surface area contributed by atoms with Crippen molar-refractivity contribution in [2.75, 3.05) is 13.7 Å². The van der Waals surface area contributed by atoms with Crippen molar-refractivity contribution in [3.63, 3.8) is 0 Å². The smallest absolute Gasteiger partial charge is 0.408 e. The number of ether oxygens (including phenoxy) is 2. The third-order valence-corrected chi connectivity index (χ3v) is 7.91. The zero-order valence-electron chi connectivity index (χ0n) is 20.9. The minimum atomic E-state index is -1.21. The molecule has 7 atom stereocenters. The van der Waals surface area contributed by atoms with Crippen molar-refractivity contribution >= 4 is 23.9 Å². The summed E-state index contributed by atoms with van der Waals surface area (Å²) >= 11 is 0. The summed E-state index contributed by atoms with van der Waals surface area (Å²) in [4.78, 5) is 53.2. The van der Waals surface area contributed by atoms with Crippen molar-refractivity contribution in [1.29, 1.82) is 0 Å². The minimum absolute atomic E-state index is 0.0275. The molecule has 4 aliphatic rings. The van der Waals surface area contributed by atoms with Crippen LogP contribution in [0, 0.1) is 23.2 Å². The van der Waals surface area contributed by atoms with Gasteiger partial charge in [-0.1, -0.05) is 26.8 Å². The number of carbonyl (C=O) groups excluding carboxylic acids is 4. The first-order valence-electron chi connectivity index (χ1n) is 12.4. The highest BCUT2D eigenvalue weighted by Crippen LogP contribution is 2.52. The number of aliphatic hydroxyl groups excluding tert-OH is 1. The maximum absolute atomic E-state index is 13.6. The van der Waals surface area contributed by atoms with E-state index in [9.17, 15) is 24.3 Å². The number of nitrogens with zero attached hydrogens (tertiary/aromatic N) is 1. The summed E-state index contributed by atoms with van der Waals surface area (Å²) in [6.45, 7) is 9.09. The fourth-order valence-corrected chi connectivity index (χ4v) is 5.67. The quantitative estimate of drug-likeness (QED) is 0.359. The molecule has 3 N–H and O–H groups in total. The van der Waals surface area contributed by atoms with Crippen LogP contribution in [0.5, 0.6) is 0 Å². The summed E-state index contributed by atoms with van der Waals surface area (Å²) in [5.74, 6) is -0.575. The highest BCUT2D eigenvalue weighted by molar-refractivity contribution is 5.96. The van der Waals surface area contributed by atoms with Crippen molar-refractivity contribution in [1.82, 2.24) is 15.5 Å². The van der Waals surface area contributed by atoms with E-state index in [-0.39, 0.29) is 25.0 Å². The summed E-state index contributed by atoms with van der Waals surface area (Å²) in [7, 11) is 1.25. The first-order chi connectivity index (χ1) is 16.4. The Labute approximate surface area is 205 Å². The first kappa shape index (κ1) is 25.5. The van der Waals surface area contributed by atoms with Gasteiger partial charge in [0, 0.05) is 18.9 Å². The van der Waals surface area contributed by atoms with Gasteiger partial charge in [-0.2, -0.15) is 0 Å². The molecule has 0 radical (unpaired) electrons. The number of aliphatic hydroxyl groups is 1. The molecule has 3 aliphatic carbocycles. The second kappa shape index (κ2) is 9.11. The van der Waals surface area contributed by atoms with Gasteiger partial charge in [0.2, 0.25) is 11.8 Å². The van der Waals surface area contributed by atoms with Gasteiger partial charge in [-0.3, -0.25) is 9.59 Å². The fraction of sp³-hybridized carbons (Fsp3) is 0.760. The van der Waals surface area contributed by atoms with Crippen LogP contribution in [0.1, 0.15) is 52.9 Å². The summed E-state index contributed by atoms with van der Waals surface area (Å²) in [6, 6.07) is -1.96. The Morgan fingerprint density at radius 2 is 1.80 bits per heavy atom. The number of hydrogen-bond donors (Lipinski definition) is 3. The Bertz CT molecular complexity index is 905. The molecule has 0 aromatic rings. The summed E-state index contributed by atoms with van der Waals surface area (Å²) < 4.78 is 10.4. The van der Waals surface area contributed by atoms with E-state index in [0.717, 1.165) is 12.8 Å². The first-order valence-corrected chi connectivity index (χ1v) is 12.4. The second-order valence-electron chi connectivity index (χ2n) is 11.6. The monoisotopic (exact) mass is 491 g/mol. The van der Waals surface area contributed by atoms with E-state index >= 15 is 0 Å². The number of β-amino-alcohol motifs (C(OH)–C–C–N with tert-alkyl or cyclic N) is 1. The molecule has 3 amide bonds. The van der Waals surface area contributed by atoms with Crippen LogP contribution in [0.4, 0.5) is 4.79 Å². The van der Waals surface area contributed by atoms with E-state index in [2.05, 4.69) is 17.2 Å². The van der Waals surface area contributed by atoms with Crippen LogP contribution in [0.2, 0.25) is 0 Å². The van der Waals surface area contributed by atoms with Crippen molar-refractivity contribution in [3.8, 4) is 0 Å². The molecule has 4 rings (SSSR count). The average Bonchev–Trinajstić information content (AvgIpc) is 3.60. The average molecular weight is 492 g/mol. The Kier molecular flexibility index (Phi) is 6.63. The molecule has 1 aliphatic heterocycles. The van der Waals surface area contributed by atoms with Gasteiger partial charge in [-0.25, -0.2) is 9.59 Å². The summed E-state index contributed by atoms with van der Waals surface area (Å²) in [5.41, 5.74) is -1.89. The Morgan fingerprint density at radius 1 is 1.14 bits per heavy atom. The van der Waals surface area contributed by atoms with Crippen LogP contribution in [0.15, 0.2) is 12.7 Å². The van der Waals surface area contributed by atoms with E-state index in [1.165, 1.54) is 18.4 Å². The second-order valence-corrected chi connectivity index (χ2v) is 11.6. The molecule has 0 aromatic heterocycles. The molecule has 10 nitrogen and oxygen atoms in total. The molecule has 10 heteroatoms. The maximum Gasteiger partial charge on any atom is 0.408 e. The lowest BCUT2D eigenvalue weighted by Crippen LogP contribution is -2.59. The number of nitrogens with one attached hydrogen (secondary N) is 2. The van der Waals surface area contributed by atoms with Gasteiger partial charge in [-0.15, -0.1) is 6.58 Å². The molecule has 1 saturated heterocycles. The number of hydrogen-bond acceptors (Lipinski definition) is 7. The van der Waals surface area contributed by atoms with Gasteiger partial charge < -0.3 is 30.1 Å². The molecule has 4 fully saturated rings. The third-order valence-electron chi connectivity index (χ3n) is 7.91. The molecular weight excluding hydrogens is 454 g/mol. The number of carbonyl (C=O) groups is 4. The highest BCUT2D eigenvalue weighted by atomic mass is 16.6. The lowest BCUT2D eigenvalue weighted by atomic mass is 9.85. The van der Waals surface area contributed by atoms with Crippen LogP contribution in [0.3, 0.4) is 0 Å². The topological polar surface area (TPSA) is 134 Å². The number of likely N-dealkylation sites (tertiary alicyclic amines) is 1. The fourth-order valence-electron chi connectivity index (χ4n) is 5.67. The number of fused-ring (bicyclic) bond motifs is 1. The van der Waals surface area contributed by atoms with Crippen LogP contribution in [-0.4, -0.2) is 77.4 Å². The maximum atomic E-state index is 13.6. The van der Waals surface area contributed by atoms with E-state index in [4.69, 9.17) is 9.47 Å². The number of rotatable bonds is 7. The van der Waals surface area contributed by atoms with Crippen LogP contribution >= 0.6 is 0 Å². The normalized spacial score (nSPS) is 36.0. The zero-order chi connectivity index (χ0) is 25.7. The van der Waals surface area contributed by atoms with E-state index in [1.54, 1.807) is 6.08 Å². The molecule has 0 spiro atoms. The number of esters is 1. The SMILES string of the molecule is C=CC1C[C@]1(NC(=O)[C@@H]1C[C@H](O)CN1C(=O)[C@@H](NC(=O)OC1CC2CC2C1)C(C)(C)C)C(=O)OC. The summed E-state index contributed by atoms with van der Waals surface area (Å²) in [6.07, 6.45) is 3.21. The van der Waals surface area contributed by atoms with E-state index in [0.29, 0.717) is 18.3 Å². The Hall–Kier alpha value is -2.62. The van der Waals surface area contributed by atoms with Gasteiger partial charge in [0.15, 0.2) is 0 Å². The van der Waals surface area contributed by atoms with Gasteiger partial charge >= 0.3 is 12.1 Å². The number of methoxy groups -OCH3 is 1. The Morgan fingerprint density at radius 3 is 2.34 bits per heavy atom. The third kappa shape index (κ3) is 5.03. The minimum Gasteiger partial charge on any atom is -0.467 e. The molecule has 3 saturated carbocycles. The lowest BCUT2D eigenvalue weighted by Gasteiger charge is -2.35. The molecule has 3 unspecified atom stereocenters. The largest absolute Gasteiger partial charge is 0.467 e. The predicted molar refractivity (Wildman–Crippen MR) is 125 cm³/mol. The number of amides is 3. The predicted octanol–water partition coefficient (Wildman–Crippen LogP) is 1.12. The molecular formula is C25H37N3O7. The van der Waals surface area contributed by atoms with E-state index < -0.39 is 53.0 Å². The molecule has 1 heterocycles. The number of alkyl carbamates (subject to hydrolysis) is 1. The van der Waals surface area contributed by atoms with Gasteiger partial charge in [-0.05, 0) is 42.9 Å². The molecule has 0 aromatic carbocycles. The van der Waals surface area contributed by atoms with Crippen LogP contribution in [-0.2, 0) is 23.9 Å². The molecule has 0 bridgehead atoms. The Balaban J connectivity index is 1.45. The highest BCUT2D eigenvalue weighted by Gasteiger charge is 2.62. The standard InChI is InChI=1S/C25H37N3O7/c1-6-15-11-25(15,22(32)34-5)27-20(30)18-10-16(29)12-28(18)21(31)19(24(2,3)4)26-23(33)35-17-8-13-7-14(13)9-17/h6,13-19,29H,1,7-12H2,2-5H3,(H,26,33)(H,27,30)/t13?,14?,15?,16-,17?,18-,19+,25+/m0/s1. The van der Waals surface area contributed by atoms with Crippen LogP contribution < -0.4 is 10.6 Å². The van der Waals surface area contributed by atoms with Gasteiger partial charge in [0.25, 0.3) is 0 Å². The van der Waals surface area contributed by atoms with Gasteiger partial charge in [0.1, 0.15) is 23.7 Å². The van der Waals surface area contributed by atoms with Crippen molar-refractivity contribution in [2.45, 2.75) is 82.7 Å². The molecule has 194 valence electrons. The van der Waals surface area contributed by atoms with Gasteiger partial charge in [0.05, 0.1) is 13.2 Å². The van der Waals surface area contributed by atoms with E-state index in [1.807, 2.05) is 20.8 Å². The lowest BCUT2D eigenvalue weighted by molar-refractivity contribution is -0.148. The zero-order valence-corrected chi connectivity index (χ0v) is 20.9. The molecule has 35 heavy (non-hydrogen) atoms. The van der Waals surface area contributed by atoms with Crippen molar-refractivity contribution in [3.05, 3.63) is 12.7 Å². The summed E-state index contributed by atoms with van der Waals surface area (Å²) in [5, 5.41) is 15.8. The van der Waals surface area contributed by atoms with Crippen LogP contribution in [0.25, 0.3) is 0 Å².